The third kappa shape index (κ3) is 3.73. The summed E-state index contributed by atoms with van der Waals surface area (Å²) in [5.74, 6) is 1.42. The average Bonchev–Trinajstić information content (AvgIpc) is 2.77. The lowest BCUT2D eigenvalue weighted by Gasteiger charge is -2.15. The lowest BCUT2D eigenvalue weighted by Crippen LogP contribution is -2.33. The molecular weight excluding hydrogens is 290 g/mol. The Hall–Kier alpha value is -2.30. The number of ether oxygens (including phenoxy) is 1. The number of nitrogens with zero attached hydrogens (tertiary/aromatic N) is 2. The van der Waals surface area contributed by atoms with Gasteiger partial charge in [-0.25, -0.2) is 4.98 Å². The van der Waals surface area contributed by atoms with Crippen LogP contribution in [0.15, 0.2) is 30.6 Å². The van der Waals surface area contributed by atoms with Crippen LogP contribution in [-0.4, -0.2) is 28.6 Å². The summed E-state index contributed by atoms with van der Waals surface area (Å²) in [6.45, 7) is 5.65. The molecule has 0 fully saturated rings. The van der Waals surface area contributed by atoms with Crippen molar-refractivity contribution in [1.82, 2.24) is 14.9 Å². The summed E-state index contributed by atoms with van der Waals surface area (Å²) in [6, 6.07) is 8.15. The van der Waals surface area contributed by atoms with Crippen LogP contribution >= 0.6 is 0 Å². The Morgan fingerprint density at radius 1 is 1.39 bits per heavy atom. The van der Waals surface area contributed by atoms with E-state index in [9.17, 15) is 4.79 Å². The van der Waals surface area contributed by atoms with Gasteiger partial charge in [-0.05, 0) is 44.2 Å². The predicted octanol–water partition coefficient (Wildman–Crippen LogP) is 2.26. The van der Waals surface area contributed by atoms with Crippen LogP contribution in [0.1, 0.15) is 23.4 Å². The monoisotopic (exact) mass is 313 g/mol. The molecule has 1 aromatic carbocycles. The van der Waals surface area contributed by atoms with Crippen molar-refractivity contribution >= 4 is 5.91 Å². The maximum atomic E-state index is 12.2. The summed E-state index contributed by atoms with van der Waals surface area (Å²) < 4.78 is 7.66. The van der Waals surface area contributed by atoms with E-state index in [2.05, 4.69) is 16.4 Å². The van der Waals surface area contributed by atoms with Gasteiger partial charge in [0, 0.05) is 12.2 Å². The van der Waals surface area contributed by atoms with Crippen LogP contribution in [0.2, 0.25) is 0 Å². The molecule has 2 aromatic rings. The lowest BCUT2D eigenvalue weighted by atomic mass is 9.97. The molecule has 1 aromatic heterocycles. The van der Waals surface area contributed by atoms with Crippen molar-refractivity contribution in [3.05, 3.63) is 47.5 Å². The number of hydrogen-bond donors (Lipinski definition) is 1. The summed E-state index contributed by atoms with van der Waals surface area (Å²) in [6.07, 6.45) is 3.62. The van der Waals surface area contributed by atoms with Crippen LogP contribution in [0.25, 0.3) is 0 Å². The average molecular weight is 313 g/mol. The first-order valence-electron chi connectivity index (χ1n) is 8.09. The molecule has 0 bridgehead atoms. The zero-order chi connectivity index (χ0) is 16.2. The van der Waals surface area contributed by atoms with Crippen LogP contribution in [-0.2, 0) is 17.8 Å². The van der Waals surface area contributed by atoms with Gasteiger partial charge in [0.15, 0.2) is 0 Å². The highest BCUT2D eigenvalue weighted by atomic mass is 16.5. The van der Waals surface area contributed by atoms with Gasteiger partial charge in [0.25, 0.3) is 0 Å². The minimum atomic E-state index is 0.0314. The molecule has 0 spiro atoms. The van der Waals surface area contributed by atoms with Crippen molar-refractivity contribution in [3.8, 4) is 5.75 Å². The summed E-state index contributed by atoms with van der Waals surface area (Å²) in [7, 11) is 0. The normalized spacial score (nSPS) is 17.0. The second-order valence-corrected chi connectivity index (χ2v) is 6.16. The van der Waals surface area contributed by atoms with E-state index in [1.165, 1.54) is 5.56 Å². The molecule has 1 aliphatic rings. The first-order valence-corrected chi connectivity index (χ1v) is 8.09. The second kappa shape index (κ2) is 6.86. The van der Waals surface area contributed by atoms with Crippen LogP contribution in [0.4, 0.5) is 0 Å². The van der Waals surface area contributed by atoms with Gasteiger partial charge in [0.1, 0.15) is 12.3 Å². The number of carbonyl (C=O) groups excluding carboxylic acids is 1. The maximum Gasteiger partial charge on any atom is 0.239 e. The minimum Gasteiger partial charge on any atom is -0.493 e. The number of rotatable bonds is 4. The highest BCUT2D eigenvalue weighted by molar-refractivity contribution is 5.75. The number of carbonyl (C=O) groups is 1. The van der Waals surface area contributed by atoms with Crippen LogP contribution in [0, 0.1) is 19.8 Å². The molecule has 1 atom stereocenters. The van der Waals surface area contributed by atoms with Crippen molar-refractivity contribution in [3.63, 3.8) is 0 Å². The SMILES string of the molecule is Cc1ncn(CC(=O)NC[C@@H]2CCOc3ccccc3C2)c1C. The fourth-order valence-electron chi connectivity index (χ4n) is 2.91. The number of amides is 1. The van der Waals surface area contributed by atoms with E-state index in [0.717, 1.165) is 30.0 Å². The largest absolute Gasteiger partial charge is 0.493 e. The van der Waals surface area contributed by atoms with E-state index < -0.39 is 0 Å². The molecule has 2 heterocycles. The van der Waals surface area contributed by atoms with Gasteiger partial charge in [0.2, 0.25) is 5.91 Å². The zero-order valence-corrected chi connectivity index (χ0v) is 13.7. The number of aryl methyl sites for hydroxylation is 1. The Morgan fingerprint density at radius 3 is 3.00 bits per heavy atom. The van der Waals surface area contributed by atoms with E-state index >= 15 is 0 Å². The van der Waals surface area contributed by atoms with Crippen molar-refractivity contribution < 1.29 is 9.53 Å². The number of benzene rings is 1. The summed E-state index contributed by atoms with van der Waals surface area (Å²) in [5.41, 5.74) is 3.23. The van der Waals surface area contributed by atoms with E-state index in [-0.39, 0.29) is 5.91 Å². The molecule has 0 saturated heterocycles. The Bertz CT molecular complexity index is 693. The Morgan fingerprint density at radius 2 is 2.22 bits per heavy atom. The highest BCUT2D eigenvalue weighted by Crippen LogP contribution is 2.26. The molecule has 0 aliphatic carbocycles. The minimum absolute atomic E-state index is 0.0314. The third-order valence-corrected chi connectivity index (χ3v) is 4.51. The van der Waals surface area contributed by atoms with E-state index in [0.29, 0.717) is 25.6 Å². The van der Waals surface area contributed by atoms with E-state index in [1.54, 1.807) is 6.33 Å². The molecule has 5 nitrogen and oxygen atoms in total. The lowest BCUT2D eigenvalue weighted by molar-refractivity contribution is -0.121. The molecule has 0 unspecified atom stereocenters. The second-order valence-electron chi connectivity index (χ2n) is 6.16. The molecule has 1 N–H and O–H groups in total. The number of imidazole rings is 1. The Labute approximate surface area is 136 Å². The topological polar surface area (TPSA) is 56.2 Å². The van der Waals surface area contributed by atoms with Gasteiger partial charge in [0.05, 0.1) is 18.6 Å². The van der Waals surface area contributed by atoms with Gasteiger partial charge in [-0.3, -0.25) is 4.79 Å². The Kier molecular flexibility index (Phi) is 4.65. The molecule has 0 saturated carbocycles. The van der Waals surface area contributed by atoms with Gasteiger partial charge >= 0.3 is 0 Å². The maximum absolute atomic E-state index is 12.2. The first-order chi connectivity index (χ1) is 11.1. The molecule has 5 heteroatoms. The molecule has 1 aliphatic heterocycles. The summed E-state index contributed by atoms with van der Waals surface area (Å²) in [4.78, 5) is 16.4. The Balaban J connectivity index is 1.54. The van der Waals surface area contributed by atoms with Crippen molar-refractivity contribution in [2.24, 2.45) is 5.92 Å². The third-order valence-electron chi connectivity index (χ3n) is 4.51. The van der Waals surface area contributed by atoms with Crippen LogP contribution in [0.5, 0.6) is 5.75 Å². The van der Waals surface area contributed by atoms with E-state index in [1.807, 2.05) is 36.6 Å². The summed E-state index contributed by atoms with van der Waals surface area (Å²) >= 11 is 0. The molecular formula is C18H23N3O2. The van der Waals surface area contributed by atoms with Crippen LogP contribution in [0.3, 0.4) is 0 Å². The standard InChI is InChI=1S/C18H23N3O2/c1-13-14(2)21(12-20-13)11-18(22)19-10-15-7-8-23-17-6-4-3-5-16(17)9-15/h3-6,12,15H,7-11H2,1-2H3,(H,19,22)/t15-/m1/s1. The van der Waals surface area contributed by atoms with Crippen molar-refractivity contribution in [2.75, 3.05) is 13.2 Å². The first kappa shape index (κ1) is 15.6. The molecule has 122 valence electrons. The molecule has 1 amide bonds. The molecule has 23 heavy (non-hydrogen) atoms. The number of hydrogen-bond acceptors (Lipinski definition) is 3. The molecule has 0 radical (unpaired) electrons. The van der Waals surface area contributed by atoms with Crippen molar-refractivity contribution in [2.45, 2.75) is 33.2 Å². The number of nitrogens with one attached hydrogen (secondary N) is 1. The quantitative estimate of drug-likeness (QED) is 0.942. The van der Waals surface area contributed by atoms with E-state index in [4.69, 9.17) is 4.74 Å². The smallest absolute Gasteiger partial charge is 0.239 e. The van der Waals surface area contributed by atoms with Gasteiger partial charge < -0.3 is 14.6 Å². The number of fused-ring (bicyclic) bond motifs is 1. The highest BCUT2D eigenvalue weighted by Gasteiger charge is 2.18. The van der Waals surface area contributed by atoms with Gasteiger partial charge in [-0.2, -0.15) is 0 Å². The van der Waals surface area contributed by atoms with Gasteiger partial charge in [-0.1, -0.05) is 18.2 Å². The fourth-order valence-corrected chi connectivity index (χ4v) is 2.91. The molecule has 3 rings (SSSR count). The van der Waals surface area contributed by atoms with Crippen LogP contribution < -0.4 is 10.1 Å². The number of aromatic nitrogens is 2. The summed E-state index contributed by atoms with van der Waals surface area (Å²) in [5, 5.41) is 3.05. The zero-order valence-electron chi connectivity index (χ0n) is 13.7. The fraction of sp³-hybridized carbons (Fsp3) is 0.444. The number of para-hydroxylation sites is 1. The van der Waals surface area contributed by atoms with Gasteiger partial charge in [-0.15, -0.1) is 0 Å². The van der Waals surface area contributed by atoms with Crippen molar-refractivity contribution in [1.29, 1.82) is 0 Å². The predicted molar refractivity (Wildman–Crippen MR) is 88.5 cm³/mol.